The van der Waals surface area contributed by atoms with E-state index in [9.17, 15) is 9.90 Å². The first kappa shape index (κ1) is 16.7. The van der Waals surface area contributed by atoms with E-state index in [-0.39, 0.29) is 23.8 Å². The van der Waals surface area contributed by atoms with E-state index in [0.29, 0.717) is 18.8 Å². The Kier molecular flexibility index (Phi) is 6.23. The van der Waals surface area contributed by atoms with Crippen LogP contribution in [0.15, 0.2) is 10.9 Å². The van der Waals surface area contributed by atoms with Gasteiger partial charge in [0.15, 0.2) is 5.75 Å². The molecule has 20 heavy (non-hydrogen) atoms. The van der Waals surface area contributed by atoms with Crippen molar-refractivity contribution in [1.29, 1.82) is 0 Å². The van der Waals surface area contributed by atoms with Gasteiger partial charge in [-0.05, 0) is 26.8 Å². The van der Waals surface area contributed by atoms with Gasteiger partial charge in [-0.2, -0.15) is 0 Å². The molecule has 1 unspecified atom stereocenters. The van der Waals surface area contributed by atoms with Gasteiger partial charge in [0, 0.05) is 30.9 Å². The predicted octanol–water partition coefficient (Wildman–Crippen LogP) is 1.65. The van der Waals surface area contributed by atoms with Crippen LogP contribution < -0.4 is 5.43 Å². The van der Waals surface area contributed by atoms with Gasteiger partial charge in [0.25, 0.3) is 0 Å². The topological polar surface area (TPSA) is 65.7 Å². The minimum atomic E-state index is -0.336. The molecule has 0 aliphatic rings. The average molecular weight is 282 g/mol. The zero-order chi connectivity index (χ0) is 15.3. The highest BCUT2D eigenvalue weighted by molar-refractivity contribution is 5.30. The third-order valence-corrected chi connectivity index (χ3v) is 3.79. The molecule has 0 spiro atoms. The summed E-state index contributed by atoms with van der Waals surface area (Å²) >= 11 is 0. The van der Waals surface area contributed by atoms with E-state index >= 15 is 0 Å². The van der Waals surface area contributed by atoms with Gasteiger partial charge in [-0.15, -0.1) is 0 Å². The molecule has 5 nitrogen and oxygen atoms in total. The Morgan fingerprint density at radius 2 is 2.05 bits per heavy atom. The third-order valence-electron chi connectivity index (χ3n) is 3.79. The fraction of sp³-hybridized carbons (Fsp3) is 0.667. The Hall–Kier alpha value is -1.33. The van der Waals surface area contributed by atoms with Gasteiger partial charge < -0.3 is 14.8 Å². The van der Waals surface area contributed by atoms with Crippen molar-refractivity contribution in [2.45, 2.75) is 46.7 Å². The van der Waals surface area contributed by atoms with Gasteiger partial charge in [0.05, 0.1) is 12.3 Å². The molecule has 0 aliphatic carbocycles. The maximum absolute atomic E-state index is 11.8. The Morgan fingerprint density at radius 3 is 2.55 bits per heavy atom. The smallest absolute Gasteiger partial charge is 0.223 e. The number of aliphatic hydroxyl groups is 1. The van der Waals surface area contributed by atoms with Crippen molar-refractivity contribution in [1.82, 2.24) is 9.47 Å². The van der Waals surface area contributed by atoms with Crippen LogP contribution in [0.5, 0.6) is 5.75 Å². The summed E-state index contributed by atoms with van der Waals surface area (Å²) in [5, 5.41) is 19.2. The normalized spacial score (nSPS) is 12.9. The van der Waals surface area contributed by atoms with Crippen molar-refractivity contribution in [2.75, 3.05) is 19.7 Å². The first-order chi connectivity index (χ1) is 9.46. The van der Waals surface area contributed by atoms with Crippen molar-refractivity contribution in [2.24, 2.45) is 0 Å². The molecule has 1 aromatic rings. The molecule has 0 aromatic carbocycles. The monoisotopic (exact) mass is 282 g/mol. The van der Waals surface area contributed by atoms with Crippen LogP contribution in [-0.4, -0.2) is 39.4 Å². The first-order valence-corrected chi connectivity index (χ1v) is 7.23. The Morgan fingerprint density at radius 1 is 1.40 bits per heavy atom. The van der Waals surface area contributed by atoms with Crippen LogP contribution in [0.1, 0.15) is 44.6 Å². The van der Waals surface area contributed by atoms with Gasteiger partial charge in [-0.25, -0.2) is 0 Å². The lowest BCUT2D eigenvalue weighted by atomic mass is 10.1. The summed E-state index contributed by atoms with van der Waals surface area (Å²) in [5.41, 5.74) is 1.16. The second-order valence-electron chi connectivity index (χ2n) is 5.16. The predicted molar refractivity (Wildman–Crippen MR) is 80.1 cm³/mol. The van der Waals surface area contributed by atoms with E-state index in [0.717, 1.165) is 18.7 Å². The maximum Gasteiger partial charge on any atom is 0.223 e. The van der Waals surface area contributed by atoms with E-state index in [1.807, 2.05) is 23.3 Å². The maximum atomic E-state index is 11.8. The number of aromatic hydroxyl groups is 1. The first-order valence-electron chi connectivity index (χ1n) is 7.23. The number of aryl methyl sites for hydroxylation is 1. The third kappa shape index (κ3) is 3.61. The number of hydrogen-bond acceptors (Lipinski definition) is 4. The molecule has 1 heterocycles. The lowest BCUT2D eigenvalue weighted by molar-refractivity contribution is 0.190. The van der Waals surface area contributed by atoms with Crippen LogP contribution in [0.4, 0.5) is 0 Å². The summed E-state index contributed by atoms with van der Waals surface area (Å²) in [4.78, 5) is 13.8. The zero-order valence-electron chi connectivity index (χ0n) is 12.9. The van der Waals surface area contributed by atoms with Crippen molar-refractivity contribution in [3.8, 4) is 5.75 Å². The van der Waals surface area contributed by atoms with Crippen molar-refractivity contribution >= 4 is 0 Å². The quantitative estimate of drug-likeness (QED) is 0.798. The van der Waals surface area contributed by atoms with Crippen molar-refractivity contribution < 1.29 is 10.2 Å². The number of aliphatic hydroxyl groups excluding tert-OH is 1. The average Bonchev–Trinajstić information content (AvgIpc) is 2.43. The van der Waals surface area contributed by atoms with E-state index in [4.69, 9.17) is 5.11 Å². The van der Waals surface area contributed by atoms with E-state index in [1.165, 1.54) is 6.07 Å². The molecule has 2 N–H and O–H groups in total. The molecule has 1 aromatic heterocycles. The molecule has 0 bridgehead atoms. The molecule has 0 amide bonds. The number of nitrogens with zero attached hydrogens (tertiary/aromatic N) is 2. The standard InChI is InChI=1S/C15H26N2O3/c1-5-11(3)17-12(4)9-14(19)15(20)13(17)10-16(6-2)7-8-18/h9,11,18,20H,5-8,10H2,1-4H3. The minimum Gasteiger partial charge on any atom is -0.503 e. The molecule has 0 radical (unpaired) electrons. The van der Waals surface area contributed by atoms with E-state index in [2.05, 4.69) is 13.8 Å². The number of likely N-dealkylation sites (N-methyl/N-ethyl adjacent to an activating group) is 1. The van der Waals surface area contributed by atoms with Crippen LogP contribution in [-0.2, 0) is 6.54 Å². The fourth-order valence-corrected chi connectivity index (χ4v) is 2.45. The molecule has 1 rings (SSSR count). The molecule has 5 heteroatoms. The minimum absolute atomic E-state index is 0.0635. The molecular formula is C15H26N2O3. The second-order valence-corrected chi connectivity index (χ2v) is 5.16. The highest BCUT2D eigenvalue weighted by Gasteiger charge is 2.18. The highest BCUT2D eigenvalue weighted by atomic mass is 16.3. The number of pyridine rings is 1. The highest BCUT2D eigenvalue weighted by Crippen LogP contribution is 2.23. The molecule has 0 saturated heterocycles. The largest absolute Gasteiger partial charge is 0.503 e. The lowest BCUT2D eigenvalue weighted by Gasteiger charge is -2.27. The van der Waals surface area contributed by atoms with Crippen LogP contribution in [0.25, 0.3) is 0 Å². The molecule has 114 valence electrons. The van der Waals surface area contributed by atoms with Crippen LogP contribution in [0.2, 0.25) is 0 Å². The Labute approximate surface area is 120 Å². The van der Waals surface area contributed by atoms with Gasteiger partial charge in [0.2, 0.25) is 5.43 Å². The van der Waals surface area contributed by atoms with Crippen LogP contribution >= 0.6 is 0 Å². The molecule has 0 saturated carbocycles. The second kappa shape index (κ2) is 7.45. The molecule has 0 fully saturated rings. The molecular weight excluding hydrogens is 256 g/mol. The number of hydrogen-bond donors (Lipinski definition) is 2. The summed E-state index contributed by atoms with van der Waals surface area (Å²) in [6.07, 6.45) is 0.919. The summed E-state index contributed by atoms with van der Waals surface area (Å²) in [6, 6.07) is 1.69. The van der Waals surface area contributed by atoms with Crippen molar-refractivity contribution in [3.63, 3.8) is 0 Å². The number of rotatable bonds is 7. The summed E-state index contributed by atoms with van der Waals surface area (Å²) in [5.74, 6) is -0.174. The Balaban J connectivity index is 3.30. The van der Waals surface area contributed by atoms with Crippen LogP contribution in [0, 0.1) is 6.92 Å². The Bertz CT molecular complexity index is 497. The van der Waals surface area contributed by atoms with Gasteiger partial charge in [-0.1, -0.05) is 13.8 Å². The lowest BCUT2D eigenvalue weighted by Crippen LogP contribution is -2.30. The fourth-order valence-electron chi connectivity index (χ4n) is 2.45. The summed E-state index contributed by atoms with van der Waals surface area (Å²) in [7, 11) is 0. The molecule has 1 atom stereocenters. The van der Waals surface area contributed by atoms with Gasteiger partial charge in [-0.3, -0.25) is 9.69 Å². The molecule has 0 aliphatic heterocycles. The number of aromatic nitrogens is 1. The van der Waals surface area contributed by atoms with E-state index in [1.54, 1.807) is 0 Å². The van der Waals surface area contributed by atoms with Gasteiger partial charge >= 0.3 is 0 Å². The van der Waals surface area contributed by atoms with Crippen LogP contribution in [0.3, 0.4) is 0 Å². The van der Waals surface area contributed by atoms with Gasteiger partial charge in [0.1, 0.15) is 0 Å². The van der Waals surface area contributed by atoms with E-state index < -0.39 is 0 Å². The zero-order valence-corrected chi connectivity index (χ0v) is 12.9. The summed E-state index contributed by atoms with van der Waals surface area (Å²) in [6.45, 7) is 9.84. The SMILES string of the molecule is CCC(C)n1c(C)cc(=O)c(O)c1CN(CC)CCO. The van der Waals surface area contributed by atoms with Crippen molar-refractivity contribution in [3.05, 3.63) is 27.7 Å². The summed E-state index contributed by atoms with van der Waals surface area (Å²) < 4.78 is 2.02.